The van der Waals surface area contributed by atoms with E-state index in [1.807, 2.05) is 0 Å². The molecule has 1 N–H and O–H groups in total. The van der Waals surface area contributed by atoms with Crippen molar-refractivity contribution in [2.24, 2.45) is 11.8 Å². The minimum absolute atomic E-state index is 0.217. The highest BCUT2D eigenvalue weighted by Crippen LogP contribution is 2.30. The minimum atomic E-state index is 0.217. The lowest BCUT2D eigenvalue weighted by atomic mass is 9.93. The van der Waals surface area contributed by atoms with Gasteiger partial charge < -0.3 is 10.1 Å². The van der Waals surface area contributed by atoms with Crippen LogP contribution >= 0.6 is 0 Å². The van der Waals surface area contributed by atoms with Crippen molar-refractivity contribution in [2.75, 3.05) is 0 Å². The van der Waals surface area contributed by atoms with Crippen LogP contribution in [0.2, 0.25) is 0 Å². The average molecular weight is 239 g/mol. The molecular weight excluding hydrogens is 214 g/mol. The molecule has 2 fully saturated rings. The van der Waals surface area contributed by atoms with Crippen molar-refractivity contribution >= 4 is 5.91 Å². The number of hydrogen-bond acceptors (Lipinski definition) is 2. The van der Waals surface area contributed by atoms with Gasteiger partial charge in [0, 0.05) is 12.5 Å². The molecule has 0 spiro atoms. The summed E-state index contributed by atoms with van der Waals surface area (Å²) in [6, 6.07) is 0.379. The highest BCUT2D eigenvalue weighted by Gasteiger charge is 2.32. The van der Waals surface area contributed by atoms with E-state index in [1.54, 1.807) is 0 Å². The van der Waals surface area contributed by atoms with Crippen LogP contribution in [0.25, 0.3) is 0 Å². The number of ether oxygens (including phenoxy) is 1. The average Bonchev–Trinajstić information content (AvgIpc) is 2.86. The van der Waals surface area contributed by atoms with Gasteiger partial charge in [0.15, 0.2) is 0 Å². The van der Waals surface area contributed by atoms with Crippen molar-refractivity contribution in [2.45, 2.75) is 71.1 Å². The van der Waals surface area contributed by atoms with E-state index in [4.69, 9.17) is 4.74 Å². The number of carbonyl (C=O) groups is 1. The van der Waals surface area contributed by atoms with Gasteiger partial charge in [-0.1, -0.05) is 20.8 Å². The normalized spacial score (nSPS) is 35.3. The Morgan fingerprint density at radius 3 is 2.59 bits per heavy atom. The van der Waals surface area contributed by atoms with E-state index in [9.17, 15) is 4.79 Å². The fourth-order valence-electron chi connectivity index (χ4n) is 3.04. The van der Waals surface area contributed by atoms with Gasteiger partial charge >= 0.3 is 0 Å². The summed E-state index contributed by atoms with van der Waals surface area (Å²) in [5.74, 6) is 1.38. The van der Waals surface area contributed by atoms with Crippen LogP contribution in [-0.2, 0) is 9.53 Å². The molecule has 2 aliphatic heterocycles. The van der Waals surface area contributed by atoms with Gasteiger partial charge in [-0.3, -0.25) is 4.79 Å². The molecule has 0 aromatic carbocycles. The molecule has 2 heterocycles. The van der Waals surface area contributed by atoms with Crippen LogP contribution in [0, 0.1) is 11.8 Å². The predicted molar refractivity (Wildman–Crippen MR) is 67.7 cm³/mol. The Morgan fingerprint density at radius 2 is 2.06 bits per heavy atom. The third-order valence-corrected chi connectivity index (χ3v) is 4.23. The summed E-state index contributed by atoms with van der Waals surface area (Å²) in [6.45, 7) is 6.70. The summed E-state index contributed by atoms with van der Waals surface area (Å²) in [5.41, 5.74) is 0. The van der Waals surface area contributed by atoms with E-state index in [0.29, 0.717) is 36.5 Å². The topological polar surface area (TPSA) is 38.3 Å². The molecule has 2 aliphatic rings. The van der Waals surface area contributed by atoms with Gasteiger partial charge in [-0.05, 0) is 37.5 Å². The van der Waals surface area contributed by atoms with E-state index in [2.05, 4.69) is 26.1 Å². The highest BCUT2D eigenvalue weighted by molar-refractivity contribution is 5.78. The van der Waals surface area contributed by atoms with Crippen LogP contribution < -0.4 is 5.32 Å². The lowest BCUT2D eigenvalue weighted by Gasteiger charge is -2.23. The second-order valence-corrected chi connectivity index (χ2v) is 6.04. The number of amides is 1. The van der Waals surface area contributed by atoms with Crippen LogP contribution in [0.3, 0.4) is 0 Å². The monoisotopic (exact) mass is 239 g/mol. The van der Waals surface area contributed by atoms with Crippen molar-refractivity contribution in [3.05, 3.63) is 0 Å². The van der Waals surface area contributed by atoms with Crippen molar-refractivity contribution in [1.29, 1.82) is 0 Å². The van der Waals surface area contributed by atoms with E-state index in [1.165, 1.54) is 12.8 Å². The van der Waals surface area contributed by atoms with E-state index in [0.717, 1.165) is 12.8 Å². The lowest BCUT2D eigenvalue weighted by molar-refractivity contribution is -0.119. The summed E-state index contributed by atoms with van der Waals surface area (Å²) >= 11 is 0. The van der Waals surface area contributed by atoms with Crippen LogP contribution in [0.1, 0.15) is 52.9 Å². The molecule has 0 aromatic rings. The summed E-state index contributed by atoms with van der Waals surface area (Å²) < 4.78 is 6.07. The van der Waals surface area contributed by atoms with E-state index < -0.39 is 0 Å². The van der Waals surface area contributed by atoms with Crippen LogP contribution in [0.15, 0.2) is 0 Å². The Labute approximate surface area is 104 Å². The highest BCUT2D eigenvalue weighted by atomic mass is 16.5. The standard InChI is InChI=1S/C14H25NO2/c1-9(2)13-6-4-11(17-13)8-10(3)12-5-7-14(16)15-12/h9-13H,4-8H2,1-3H3,(H,15,16). The maximum Gasteiger partial charge on any atom is 0.220 e. The Hall–Kier alpha value is -0.570. The zero-order valence-electron chi connectivity index (χ0n) is 11.2. The van der Waals surface area contributed by atoms with Crippen LogP contribution in [0.5, 0.6) is 0 Å². The third kappa shape index (κ3) is 3.21. The third-order valence-electron chi connectivity index (χ3n) is 4.23. The number of hydrogen-bond donors (Lipinski definition) is 1. The molecule has 3 heteroatoms. The summed E-state index contributed by atoms with van der Waals surface area (Å²) in [6.07, 6.45) is 6.05. The van der Waals surface area contributed by atoms with Crippen LogP contribution in [-0.4, -0.2) is 24.2 Å². The molecule has 98 valence electrons. The maximum absolute atomic E-state index is 11.2. The second-order valence-electron chi connectivity index (χ2n) is 6.04. The van der Waals surface area contributed by atoms with Gasteiger partial charge in [-0.2, -0.15) is 0 Å². The fraction of sp³-hybridized carbons (Fsp3) is 0.929. The van der Waals surface area contributed by atoms with Gasteiger partial charge in [-0.25, -0.2) is 0 Å². The smallest absolute Gasteiger partial charge is 0.220 e. The number of nitrogens with one attached hydrogen (secondary N) is 1. The van der Waals surface area contributed by atoms with Gasteiger partial charge in [0.2, 0.25) is 5.91 Å². The van der Waals surface area contributed by atoms with Crippen molar-refractivity contribution in [3.63, 3.8) is 0 Å². The molecule has 3 nitrogen and oxygen atoms in total. The molecule has 2 saturated heterocycles. The Kier molecular flexibility index (Phi) is 4.08. The molecule has 0 radical (unpaired) electrons. The van der Waals surface area contributed by atoms with Crippen molar-refractivity contribution in [1.82, 2.24) is 5.32 Å². The minimum Gasteiger partial charge on any atom is -0.375 e. The number of carbonyl (C=O) groups excluding carboxylic acids is 1. The first-order chi connectivity index (χ1) is 8.06. The molecule has 0 bridgehead atoms. The Morgan fingerprint density at radius 1 is 1.29 bits per heavy atom. The molecule has 0 saturated carbocycles. The molecule has 1 amide bonds. The summed E-state index contributed by atoms with van der Waals surface area (Å²) in [5, 5.41) is 3.07. The van der Waals surface area contributed by atoms with Gasteiger partial charge in [0.1, 0.15) is 0 Å². The molecule has 0 aromatic heterocycles. The summed E-state index contributed by atoms with van der Waals surface area (Å²) in [7, 11) is 0. The number of rotatable bonds is 4. The van der Waals surface area contributed by atoms with Crippen molar-refractivity contribution < 1.29 is 9.53 Å². The SMILES string of the molecule is CC(C)C1CCC(CC(C)C2CCC(=O)N2)O1. The summed E-state index contributed by atoms with van der Waals surface area (Å²) in [4.78, 5) is 11.2. The van der Waals surface area contributed by atoms with E-state index >= 15 is 0 Å². The molecular formula is C14H25NO2. The zero-order valence-corrected chi connectivity index (χ0v) is 11.2. The first-order valence-corrected chi connectivity index (χ1v) is 7.01. The Bertz CT molecular complexity index is 277. The second kappa shape index (κ2) is 5.38. The molecule has 2 rings (SSSR count). The maximum atomic E-state index is 11.2. The lowest BCUT2D eigenvalue weighted by Crippen LogP contribution is -2.33. The van der Waals surface area contributed by atoms with Gasteiger partial charge in [0.25, 0.3) is 0 Å². The Balaban J connectivity index is 1.76. The predicted octanol–water partition coefficient (Wildman–Crippen LogP) is 2.49. The fourth-order valence-corrected chi connectivity index (χ4v) is 3.04. The largest absolute Gasteiger partial charge is 0.375 e. The first-order valence-electron chi connectivity index (χ1n) is 7.01. The molecule has 4 unspecified atom stereocenters. The first kappa shape index (κ1) is 12.9. The van der Waals surface area contributed by atoms with Crippen LogP contribution in [0.4, 0.5) is 0 Å². The molecule has 4 atom stereocenters. The molecule has 0 aliphatic carbocycles. The van der Waals surface area contributed by atoms with Gasteiger partial charge in [0.05, 0.1) is 12.2 Å². The van der Waals surface area contributed by atoms with Gasteiger partial charge in [-0.15, -0.1) is 0 Å². The molecule has 17 heavy (non-hydrogen) atoms. The quantitative estimate of drug-likeness (QED) is 0.818. The zero-order chi connectivity index (χ0) is 12.4. The van der Waals surface area contributed by atoms with E-state index in [-0.39, 0.29) is 5.91 Å². The van der Waals surface area contributed by atoms with Crippen molar-refractivity contribution in [3.8, 4) is 0 Å².